The lowest BCUT2D eigenvalue weighted by atomic mass is 9.67. The van der Waals surface area contributed by atoms with E-state index in [1.54, 1.807) is 0 Å². The Labute approximate surface area is 106 Å². The summed E-state index contributed by atoms with van der Waals surface area (Å²) in [5.74, 6) is 1.00. The number of hydrogen-bond donors (Lipinski definition) is 2. The molecule has 2 N–H and O–H groups in total. The fourth-order valence-electron chi connectivity index (χ4n) is 2.27. The Morgan fingerprint density at radius 2 is 1.94 bits per heavy atom. The minimum absolute atomic E-state index is 0.521. The van der Waals surface area contributed by atoms with Gasteiger partial charge in [-0.3, -0.25) is 4.99 Å². The van der Waals surface area contributed by atoms with Crippen LogP contribution in [-0.4, -0.2) is 25.6 Å². The van der Waals surface area contributed by atoms with Gasteiger partial charge in [0.25, 0.3) is 0 Å². The van der Waals surface area contributed by atoms with E-state index in [2.05, 4.69) is 31.4 Å². The highest BCUT2D eigenvalue weighted by atomic mass is 15.2. The smallest absolute Gasteiger partial charge is 0.191 e. The Balaban J connectivity index is 2.39. The Kier molecular flexibility index (Phi) is 6.38. The van der Waals surface area contributed by atoms with E-state index in [-0.39, 0.29) is 0 Å². The molecule has 0 heterocycles. The molecular weight excluding hydrogens is 210 g/mol. The highest BCUT2D eigenvalue weighted by Crippen LogP contribution is 2.43. The lowest BCUT2D eigenvalue weighted by molar-refractivity contribution is 0.139. The third kappa shape index (κ3) is 4.57. The predicted molar refractivity (Wildman–Crippen MR) is 75.5 cm³/mol. The molecule has 0 saturated heterocycles. The van der Waals surface area contributed by atoms with E-state index in [0.717, 1.165) is 25.6 Å². The molecule has 3 nitrogen and oxygen atoms in total. The first-order chi connectivity index (χ1) is 8.26. The first-order valence-electron chi connectivity index (χ1n) is 7.28. The van der Waals surface area contributed by atoms with Crippen molar-refractivity contribution in [2.75, 3.05) is 19.6 Å². The van der Waals surface area contributed by atoms with Crippen molar-refractivity contribution in [2.45, 2.75) is 59.3 Å². The minimum Gasteiger partial charge on any atom is -0.357 e. The van der Waals surface area contributed by atoms with Crippen LogP contribution in [-0.2, 0) is 0 Å². The topological polar surface area (TPSA) is 36.4 Å². The summed E-state index contributed by atoms with van der Waals surface area (Å²) >= 11 is 0. The van der Waals surface area contributed by atoms with Crippen molar-refractivity contribution in [3.8, 4) is 0 Å². The molecule has 1 aliphatic rings. The van der Waals surface area contributed by atoms with E-state index in [9.17, 15) is 0 Å². The molecule has 0 unspecified atom stereocenters. The van der Waals surface area contributed by atoms with Crippen LogP contribution < -0.4 is 10.6 Å². The van der Waals surface area contributed by atoms with Crippen LogP contribution in [0.3, 0.4) is 0 Å². The monoisotopic (exact) mass is 239 g/mol. The van der Waals surface area contributed by atoms with Crippen LogP contribution in [0.25, 0.3) is 0 Å². The van der Waals surface area contributed by atoms with Gasteiger partial charge in [0.1, 0.15) is 0 Å². The summed E-state index contributed by atoms with van der Waals surface area (Å²) in [6, 6.07) is 0. The van der Waals surface area contributed by atoms with Crippen LogP contribution in [0, 0.1) is 5.41 Å². The van der Waals surface area contributed by atoms with Crippen LogP contribution in [0.4, 0.5) is 0 Å². The van der Waals surface area contributed by atoms with Crippen LogP contribution >= 0.6 is 0 Å². The summed E-state index contributed by atoms with van der Waals surface area (Å²) < 4.78 is 0. The molecular formula is C14H29N3. The van der Waals surface area contributed by atoms with Gasteiger partial charge in [-0.05, 0) is 38.0 Å². The highest BCUT2D eigenvalue weighted by molar-refractivity contribution is 5.79. The zero-order valence-electron chi connectivity index (χ0n) is 11.8. The Hall–Kier alpha value is -0.730. The molecule has 0 aromatic heterocycles. The second-order valence-electron chi connectivity index (χ2n) is 5.18. The van der Waals surface area contributed by atoms with Crippen molar-refractivity contribution in [1.82, 2.24) is 10.6 Å². The van der Waals surface area contributed by atoms with E-state index in [1.165, 1.54) is 38.5 Å². The largest absolute Gasteiger partial charge is 0.357 e. The third-order valence-electron chi connectivity index (χ3n) is 3.90. The summed E-state index contributed by atoms with van der Waals surface area (Å²) in [7, 11) is 0. The Bertz CT molecular complexity index is 226. The SMILES string of the molecule is CCCCNC(=NCC1(CC)CCC1)NCC. The van der Waals surface area contributed by atoms with Gasteiger partial charge < -0.3 is 10.6 Å². The summed E-state index contributed by atoms with van der Waals surface area (Å²) in [5, 5.41) is 6.73. The van der Waals surface area contributed by atoms with Crippen LogP contribution in [0.5, 0.6) is 0 Å². The average Bonchev–Trinajstić information content (AvgIpc) is 2.28. The summed E-state index contributed by atoms with van der Waals surface area (Å²) in [6.45, 7) is 9.59. The van der Waals surface area contributed by atoms with Crippen LogP contribution in [0.1, 0.15) is 59.3 Å². The molecule has 3 heteroatoms. The van der Waals surface area contributed by atoms with E-state index < -0.39 is 0 Å². The lowest BCUT2D eigenvalue weighted by Crippen LogP contribution is -2.40. The number of unbranched alkanes of at least 4 members (excludes halogenated alkanes) is 1. The summed E-state index contributed by atoms with van der Waals surface area (Å²) in [4.78, 5) is 4.74. The zero-order valence-corrected chi connectivity index (χ0v) is 11.8. The predicted octanol–water partition coefficient (Wildman–Crippen LogP) is 2.92. The van der Waals surface area contributed by atoms with Crippen molar-refractivity contribution in [1.29, 1.82) is 0 Å². The molecule has 0 radical (unpaired) electrons. The maximum Gasteiger partial charge on any atom is 0.191 e. The van der Waals surface area contributed by atoms with Gasteiger partial charge in [0.05, 0.1) is 0 Å². The maximum absolute atomic E-state index is 4.74. The normalized spacial score (nSPS) is 18.6. The molecule has 0 bridgehead atoms. The molecule has 1 aliphatic carbocycles. The number of rotatable bonds is 7. The molecule has 17 heavy (non-hydrogen) atoms. The molecule has 0 amide bonds. The van der Waals surface area contributed by atoms with Gasteiger partial charge in [-0.2, -0.15) is 0 Å². The van der Waals surface area contributed by atoms with Crippen molar-refractivity contribution in [3.63, 3.8) is 0 Å². The summed E-state index contributed by atoms with van der Waals surface area (Å²) in [6.07, 6.45) is 7.82. The number of guanidine groups is 1. The third-order valence-corrected chi connectivity index (χ3v) is 3.90. The fourth-order valence-corrected chi connectivity index (χ4v) is 2.27. The Morgan fingerprint density at radius 3 is 2.41 bits per heavy atom. The fraction of sp³-hybridized carbons (Fsp3) is 0.929. The minimum atomic E-state index is 0.521. The molecule has 0 aliphatic heterocycles. The lowest BCUT2D eigenvalue weighted by Gasteiger charge is -2.40. The maximum atomic E-state index is 4.74. The first kappa shape index (κ1) is 14.3. The summed E-state index contributed by atoms with van der Waals surface area (Å²) in [5.41, 5.74) is 0.521. The molecule has 0 atom stereocenters. The molecule has 0 aromatic rings. The average molecular weight is 239 g/mol. The second-order valence-corrected chi connectivity index (χ2v) is 5.18. The van der Waals surface area contributed by atoms with Gasteiger partial charge in [0, 0.05) is 19.6 Å². The molecule has 1 fully saturated rings. The van der Waals surface area contributed by atoms with Crippen LogP contribution in [0.2, 0.25) is 0 Å². The number of nitrogens with zero attached hydrogens (tertiary/aromatic N) is 1. The number of aliphatic imine (C=N–C) groups is 1. The van der Waals surface area contributed by atoms with Gasteiger partial charge in [0.2, 0.25) is 0 Å². The first-order valence-corrected chi connectivity index (χ1v) is 7.28. The quantitative estimate of drug-likeness (QED) is 0.407. The van der Waals surface area contributed by atoms with E-state index in [1.807, 2.05) is 0 Å². The van der Waals surface area contributed by atoms with Gasteiger partial charge in [0.15, 0.2) is 5.96 Å². The van der Waals surface area contributed by atoms with Crippen molar-refractivity contribution >= 4 is 5.96 Å². The molecule has 0 aromatic carbocycles. The van der Waals surface area contributed by atoms with Gasteiger partial charge in [-0.15, -0.1) is 0 Å². The Morgan fingerprint density at radius 1 is 1.18 bits per heavy atom. The van der Waals surface area contributed by atoms with Gasteiger partial charge in [-0.25, -0.2) is 0 Å². The van der Waals surface area contributed by atoms with Crippen molar-refractivity contribution < 1.29 is 0 Å². The van der Waals surface area contributed by atoms with Crippen LogP contribution in [0.15, 0.2) is 4.99 Å². The van der Waals surface area contributed by atoms with E-state index >= 15 is 0 Å². The standard InChI is InChI=1S/C14H29N3/c1-4-7-11-16-13(15-6-3)17-12-14(5-2)9-8-10-14/h4-12H2,1-3H3,(H2,15,16,17). The molecule has 100 valence electrons. The van der Waals surface area contributed by atoms with Gasteiger partial charge in [-0.1, -0.05) is 26.7 Å². The van der Waals surface area contributed by atoms with Crippen molar-refractivity contribution in [3.05, 3.63) is 0 Å². The van der Waals surface area contributed by atoms with E-state index in [0.29, 0.717) is 5.41 Å². The second kappa shape index (κ2) is 7.57. The van der Waals surface area contributed by atoms with Crippen molar-refractivity contribution in [2.24, 2.45) is 10.4 Å². The highest BCUT2D eigenvalue weighted by Gasteiger charge is 2.34. The van der Waals surface area contributed by atoms with Gasteiger partial charge >= 0.3 is 0 Å². The van der Waals surface area contributed by atoms with E-state index in [4.69, 9.17) is 4.99 Å². The molecule has 0 spiro atoms. The molecule has 1 saturated carbocycles. The molecule has 1 rings (SSSR count). The number of nitrogens with one attached hydrogen (secondary N) is 2. The number of hydrogen-bond acceptors (Lipinski definition) is 1. The zero-order chi connectivity index (χ0) is 12.6.